The van der Waals surface area contributed by atoms with Crippen LogP contribution in [0.25, 0.3) is 0 Å². The molecule has 1 aliphatic rings. The van der Waals surface area contributed by atoms with E-state index in [1.165, 1.54) is 5.56 Å². The van der Waals surface area contributed by atoms with Crippen LogP contribution >= 0.6 is 0 Å². The van der Waals surface area contributed by atoms with Gasteiger partial charge in [-0.2, -0.15) is 4.98 Å². The first-order valence-electron chi connectivity index (χ1n) is 7.68. The lowest BCUT2D eigenvalue weighted by Crippen LogP contribution is -2.22. The van der Waals surface area contributed by atoms with Crippen molar-refractivity contribution in [1.29, 1.82) is 0 Å². The van der Waals surface area contributed by atoms with Gasteiger partial charge in [0, 0.05) is 18.8 Å². The fraction of sp³-hybridized carbons (Fsp3) is 0.375. The van der Waals surface area contributed by atoms with Gasteiger partial charge in [-0.1, -0.05) is 30.3 Å². The standard InChI is InChI=1S/C16H20N4O2S/c21-23(22)11-8-14(12-23)19-16-18-10-7-15(20-16)17-9-6-13-4-2-1-3-5-13/h1-5,7,10,14H,6,8-9,11-12H2,(H2,17,18,19,20). The Morgan fingerprint density at radius 2 is 2.00 bits per heavy atom. The highest BCUT2D eigenvalue weighted by Gasteiger charge is 2.28. The normalized spacial score (nSPS) is 19.4. The summed E-state index contributed by atoms with van der Waals surface area (Å²) in [6.07, 6.45) is 3.19. The van der Waals surface area contributed by atoms with Crippen LogP contribution in [0.15, 0.2) is 42.6 Å². The van der Waals surface area contributed by atoms with Crippen LogP contribution in [0.1, 0.15) is 12.0 Å². The molecule has 1 unspecified atom stereocenters. The van der Waals surface area contributed by atoms with Gasteiger partial charge in [0.25, 0.3) is 0 Å². The zero-order valence-electron chi connectivity index (χ0n) is 12.8. The molecular formula is C16H20N4O2S. The van der Waals surface area contributed by atoms with Crippen molar-refractivity contribution in [2.24, 2.45) is 0 Å². The molecule has 0 saturated carbocycles. The lowest BCUT2D eigenvalue weighted by atomic mass is 10.1. The molecule has 23 heavy (non-hydrogen) atoms. The molecular weight excluding hydrogens is 312 g/mol. The average Bonchev–Trinajstić information content (AvgIpc) is 2.87. The molecule has 3 rings (SSSR count). The molecule has 1 fully saturated rings. The average molecular weight is 332 g/mol. The van der Waals surface area contributed by atoms with E-state index in [1.54, 1.807) is 6.20 Å². The van der Waals surface area contributed by atoms with E-state index in [2.05, 4.69) is 32.7 Å². The van der Waals surface area contributed by atoms with Gasteiger partial charge in [0.2, 0.25) is 5.95 Å². The van der Waals surface area contributed by atoms with Crippen LogP contribution in [-0.2, 0) is 16.3 Å². The topological polar surface area (TPSA) is 84.0 Å². The van der Waals surface area contributed by atoms with Gasteiger partial charge in [-0.05, 0) is 24.5 Å². The Hall–Kier alpha value is -2.15. The minimum atomic E-state index is -2.90. The zero-order chi connectivity index (χ0) is 16.1. The summed E-state index contributed by atoms with van der Waals surface area (Å²) < 4.78 is 23.0. The Bertz CT molecular complexity index is 750. The van der Waals surface area contributed by atoms with E-state index in [9.17, 15) is 8.42 Å². The molecule has 2 aromatic rings. The quantitative estimate of drug-likeness (QED) is 0.838. The summed E-state index contributed by atoms with van der Waals surface area (Å²) in [5.41, 5.74) is 1.27. The first-order valence-corrected chi connectivity index (χ1v) is 9.51. The van der Waals surface area contributed by atoms with Crippen molar-refractivity contribution in [2.45, 2.75) is 18.9 Å². The Morgan fingerprint density at radius 3 is 2.74 bits per heavy atom. The molecule has 1 aromatic carbocycles. The predicted octanol–water partition coefficient (Wildman–Crippen LogP) is 1.73. The summed E-state index contributed by atoms with van der Waals surface area (Å²) in [6.45, 7) is 0.776. The van der Waals surface area contributed by atoms with Gasteiger partial charge in [0.1, 0.15) is 5.82 Å². The maximum atomic E-state index is 11.5. The third-order valence-electron chi connectivity index (χ3n) is 3.78. The number of hydrogen-bond acceptors (Lipinski definition) is 6. The largest absolute Gasteiger partial charge is 0.370 e. The lowest BCUT2D eigenvalue weighted by Gasteiger charge is -2.12. The van der Waals surface area contributed by atoms with Crippen molar-refractivity contribution in [2.75, 3.05) is 28.7 Å². The van der Waals surface area contributed by atoms with Gasteiger partial charge in [-0.15, -0.1) is 0 Å². The molecule has 2 N–H and O–H groups in total. The van der Waals surface area contributed by atoms with Gasteiger partial charge in [-0.25, -0.2) is 13.4 Å². The van der Waals surface area contributed by atoms with E-state index in [4.69, 9.17) is 0 Å². The highest BCUT2D eigenvalue weighted by atomic mass is 32.2. The number of aromatic nitrogens is 2. The molecule has 6 nitrogen and oxygen atoms in total. The molecule has 122 valence electrons. The maximum absolute atomic E-state index is 11.5. The SMILES string of the molecule is O=S1(=O)CCC(Nc2nccc(NCCc3ccccc3)n2)C1. The Morgan fingerprint density at radius 1 is 1.17 bits per heavy atom. The van der Waals surface area contributed by atoms with E-state index in [1.807, 2.05) is 24.3 Å². The second kappa shape index (κ2) is 6.95. The molecule has 0 radical (unpaired) electrons. The highest BCUT2D eigenvalue weighted by molar-refractivity contribution is 7.91. The smallest absolute Gasteiger partial charge is 0.224 e. The molecule has 0 spiro atoms. The third-order valence-corrected chi connectivity index (χ3v) is 5.55. The van der Waals surface area contributed by atoms with E-state index in [0.29, 0.717) is 12.4 Å². The van der Waals surface area contributed by atoms with Gasteiger partial charge >= 0.3 is 0 Å². The number of nitrogens with one attached hydrogen (secondary N) is 2. The van der Waals surface area contributed by atoms with Crippen LogP contribution in [0.5, 0.6) is 0 Å². The van der Waals surface area contributed by atoms with Gasteiger partial charge in [-0.3, -0.25) is 0 Å². The van der Waals surface area contributed by atoms with Crippen LogP contribution < -0.4 is 10.6 Å². The molecule has 1 aromatic heterocycles. The van der Waals surface area contributed by atoms with Gasteiger partial charge in [0.05, 0.1) is 11.5 Å². The van der Waals surface area contributed by atoms with Crippen LogP contribution in [0.2, 0.25) is 0 Å². The maximum Gasteiger partial charge on any atom is 0.224 e. The Kier molecular flexibility index (Phi) is 4.76. The number of benzene rings is 1. The second-order valence-electron chi connectivity index (χ2n) is 5.67. The number of anilines is 2. The summed E-state index contributed by atoms with van der Waals surface area (Å²) in [7, 11) is -2.90. The summed E-state index contributed by atoms with van der Waals surface area (Å²) in [5.74, 6) is 1.60. The summed E-state index contributed by atoms with van der Waals surface area (Å²) >= 11 is 0. The molecule has 0 amide bonds. The van der Waals surface area contributed by atoms with Crippen molar-refractivity contribution in [1.82, 2.24) is 9.97 Å². The molecule has 7 heteroatoms. The third kappa shape index (κ3) is 4.66. The molecule has 1 saturated heterocycles. The second-order valence-corrected chi connectivity index (χ2v) is 7.90. The molecule has 1 atom stereocenters. The first-order chi connectivity index (χ1) is 11.1. The van der Waals surface area contributed by atoms with Crippen molar-refractivity contribution in [3.8, 4) is 0 Å². The fourth-order valence-corrected chi connectivity index (χ4v) is 4.27. The number of nitrogens with zero attached hydrogens (tertiary/aromatic N) is 2. The fourth-order valence-electron chi connectivity index (χ4n) is 2.60. The first kappa shape index (κ1) is 15.7. The van der Waals surface area contributed by atoms with Crippen molar-refractivity contribution in [3.05, 3.63) is 48.2 Å². The monoisotopic (exact) mass is 332 g/mol. The Labute approximate surface area is 136 Å². The number of sulfone groups is 1. The minimum absolute atomic E-state index is 0.0976. The van der Waals surface area contributed by atoms with Gasteiger partial charge < -0.3 is 10.6 Å². The molecule has 0 bridgehead atoms. The summed E-state index contributed by atoms with van der Waals surface area (Å²) in [4.78, 5) is 8.55. The predicted molar refractivity (Wildman–Crippen MR) is 91.3 cm³/mol. The van der Waals surface area contributed by atoms with E-state index in [-0.39, 0.29) is 17.5 Å². The van der Waals surface area contributed by atoms with Crippen LogP contribution in [-0.4, -0.2) is 42.5 Å². The summed E-state index contributed by atoms with van der Waals surface area (Å²) in [5, 5.41) is 6.37. The minimum Gasteiger partial charge on any atom is -0.370 e. The number of rotatable bonds is 6. The van der Waals surface area contributed by atoms with Crippen molar-refractivity contribution < 1.29 is 8.42 Å². The molecule has 0 aliphatic carbocycles. The zero-order valence-corrected chi connectivity index (χ0v) is 13.6. The van der Waals surface area contributed by atoms with Crippen LogP contribution in [0, 0.1) is 0 Å². The van der Waals surface area contributed by atoms with Crippen LogP contribution in [0.3, 0.4) is 0 Å². The van der Waals surface area contributed by atoms with E-state index in [0.717, 1.165) is 18.8 Å². The summed E-state index contributed by atoms with van der Waals surface area (Å²) in [6, 6.07) is 11.9. The van der Waals surface area contributed by atoms with E-state index < -0.39 is 9.84 Å². The Balaban J connectivity index is 1.53. The molecule has 2 heterocycles. The van der Waals surface area contributed by atoms with E-state index >= 15 is 0 Å². The molecule has 1 aliphatic heterocycles. The van der Waals surface area contributed by atoms with Crippen molar-refractivity contribution in [3.63, 3.8) is 0 Å². The van der Waals surface area contributed by atoms with Crippen molar-refractivity contribution >= 4 is 21.6 Å². The van der Waals surface area contributed by atoms with Gasteiger partial charge in [0.15, 0.2) is 9.84 Å². The highest BCUT2D eigenvalue weighted by Crippen LogP contribution is 2.16. The lowest BCUT2D eigenvalue weighted by molar-refractivity contribution is 0.602. The number of hydrogen-bond donors (Lipinski definition) is 2. The van der Waals surface area contributed by atoms with Crippen LogP contribution in [0.4, 0.5) is 11.8 Å².